The molecule has 0 spiro atoms. The molecule has 1 aromatic rings. The second kappa shape index (κ2) is 7.74. The monoisotopic (exact) mass is 222 g/mol. The number of benzene rings is 1. The maximum atomic E-state index is 11.2. The summed E-state index contributed by atoms with van der Waals surface area (Å²) in [5.41, 5.74) is 0. The van der Waals surface area contributed by atoms with Crippen LogP contribution in [-0.4, -0.2) is 12.8 Å². The molecule has 0 saturated heterocycles. The van der Waals surface area contributed by atoms with Crippen molar-refractivity contribution in [2.75, 3.05) is 6.61 Å². The van der Waals surface area contributed by atoms with Crippen LogP contribution in [0.4, 0.5) is 4.79 Å². The molecular formula is C13H18O3. The molecule has 0 aliphatic heterocycles. The highest BCUT2D eigenvalue weighted by atomic mass is 16.7. The van der Waals surface area contributed by atoms with E-state index in [0.717, 1.165) is 12.8 Å². The highest BCUT2D eigenvalue weighted by Gasteiger charge is 2.04. The predicted octanol–water partition coefficient (Wildman–Crippen LogP) is 3.78. The summed E-state index contributed by atoms with van der Waals surface area (Å²) in [6.45, 7) is 2.58. The Hall–Kier alpha value is -1.51. The molecule has 16 heavy (non-hydrogen) atoms. The first-order valence-electron chi connectivity index (χ1n) is 5.72. The predicted molar refractivity (Wildman–Crippen MR) is 62.6 cm³/mol. The Morgan fingerprint density at radius 1 is 1.12 bits per heavy atom. The van der Waals surface area contributed by atoms with Gasteiger partial charge in [-0.3, -0.25) is 0 Å². The molecule has 0 N–H and O–H groups in total. The number of carbonyl (C=O) groups is 1. The molecule has 0 atom stereocenters. The van der Waals surface area contributed by atoms with Crippen LogP contribution in [0.5, 0.6) is 5.75 Å². The second-order valence-corrected chi connectivity index (χ2v) is 3.57. The first-order chi connectivity index (χ1) is 7.83. The van der Waals surface area contributed by atoms with Gasteiger partial charge in [-0.15, -0.1) is 0 Å². The molecule has 1 aromatic carbocycles. The fourth-order valence-corrected chi connectivity index (χ4v) is 1.30. The molecule has 0 saturated carbocycles. The summed E-state index contributed by atoms with van der Waals surface area (Å²) in [7, 11) is 0. The number of para-hydroxylation sites is 1. The smallest absolute Gasteiger partial charge is 0.434 e. The molecule has 0 fully saturated rings. The van der Waals surface area contributed by atoms with Crippen LogP contribution in [0.1, 0.15) is 32.6 Å². The average molecular weight is 222 g/mol. The van der Waals surface area contributed by atoms with Crippen molar-refractivity contribution in [2.24, 2.45) is 0 Å². The molecular weight excluding hydrogens is 204 g/mol. The average Bonchev–Trinajstić information content (AvgIpc) is 2.30. The van der Waals surface area contributed by atoms with Gasteiger partial charge in [-0.1, -0.05) is 44.4 Å². The van der Waals surface area contributed by atoms with E-state index < -0.39 is 6.16 Å². The van der Waals surface area contributed by atoms with E-state index in [0.29, 0.717) is 12.4 Å². The molecule has 0 aromatic heterocycles. The van der Waals surface area contributed by atoms with Gasteiger partial charge >= 0.3 is 6.16 Å². The lowest BCUT2D eigenvalue weighted by Gasteiger charge is -2.05. The van der Waals surface area contributed by atoms with E-state index >= 15 is 0 Å². The Morgan fingerprint density at radius 2 is 1.88 bits per heavy atom. The summed E-state index contributed by atoms with van der Waals surface area (Å²) in [5, 5.41) is 0. The van der Waals surface area contributed by atoms with E-state index in [1.165, 1.54) is 12.8 Å². The Morgan fingerprint density at radius 3 is 2.56 bits per heavy atom. The number of rotatable bonds is 6. The summed E-state index contributed by atoms with van der Waals surface area (Å²) in [4.78, 5) is 11.2. The molecule has 0 radical (unpaired) electrons. The Balaban J connectivity index is 2.12. The van der Waals surface area contributed by atoms with E-state index in [9.17, 15) is 4.79 Å². The van der Waals surface area contributed by atoms with E-state index in [-0.39, 0.29) is 0 Å². The molecule has 0 aliphatic carbocycles. The van der Waals surface area contributed by atoms with Gasteiger partial charge in [0.05, 0.1) is 6.61 Å². The quantitative estimate of drug-likeness (QED) is 0.417. The standard InChI is InChI=1S/C13H18O3/c1-2-3-4-8-11-15-13(14)16-12-9-6-5-7-10-12/h5-7,9-10H,2-4,8,11H2,1H3. The molecule has 0 heterocycles. The fraction of sp³-hybridized carbons (Fsp3) is 0.462. The number of hydrogen-bond acceptors (Lipinski definition) is 3. The normalized spacial score (nSPS) is 9.81. The third-order valence-corrected chi connectivity index (χ3v) is 2.16. The van der Waals surface area contributed by atoms with Crippen LogP contribution in [0, 0.1) is 0 Å². The lowest BCUT2D eigenvalue weighted by molar-refractivity contribution is 0.0973. The SMILES string of the molecule is CCCCCCOC(=O)Oc1ccccc1. The summed E-state index contributed by atoms with van der Waals surface area (Å²) in [5.74, 6) is 0.515. The number of ether oxygens (including phenoxy) is 2. The van der Waals surface area contributed by atoms with E-state index in [2.05, 4.69) is 6.92 Å². The molecule has 1 rings (SSSR count). The van der Waals surface area contributed by atoms with Crippen molar-refractivity contribution in [3.05, 3.63) is 30.3 Å². The van der Waals surface area contributed by atoms with Gasteiger partial charge < -0.3 is 9.47 Å². The second-order valence-electron chi connectivity index (χ2n) is 3.57. The highest BCUT2D eigenvalue weighted by molar-refractivity contribution is 5.63. The summed E-state index contributed by atoms with van der Waals surface area (Å²) in [6.07, 6.45) is 3.72. The number of hydrogen-bond donors (Lipinski definition) is 0. The number of carbonyl (C=O) groups excluding carboxylic acids is 1. The van der Waals surface area contributed by atoms with Crippen molar-refractivity contribution in [3.63, 3.8) is 0 Å². The van der Waals surface area contributed by atoms with Crippen LogP contribution in [0.2, 0.25) is 0 Å². The van der Waals surface area contributed by atoms with Crippen molar-refractivity contribution in [2.45, 2.75) is 32.6 Å². The summed E-state index contributed by atoms with van der Waals surface area (Å²) >= 11 is 0. The zero-order chi connectivity index (χ0) is 11.6. The lowest BCUT2D eigenvalue weighted by Crippen LogP contribution is -2.11. The van der Waals surface area contributed by atoms with Crippen LogP contribution in [0.25, 0.3) is 0 Å². The zero-order valence-electron chi connectivity index (χ0n) is 9.65. The Labute approximate surface area is 96.4 Å². The van der Waals surface area contributed by atoms with E-state index in [4.69, 9.17) is 9.47 Å². The van der Waals surface area contributed by atoms with Crippen LogP contribution < -0.4 is 4.74 Å². The van der Waals surface area contributed by atoms with Gasteiger partial charge in [0, 0.05) is 0 Å². The fourth-order valence-electron chi connectivity index (χ4n) is 1.30. The van der Waals surface area contributed by atoms with Crippen LogP contribution in [-0.2, 0) is 4.74 Å². The van der Waals surface area contributed by atoms with Crippen molar-refractivity contribution in [1.82, 2.24) is 0 Å². The molecule has 0 unspecified atom stereocenters. The van der Waals surface area contributed by atoms with Crippen molar-refractivity contribution in [1.29, 1.82) is 0 Å². The lowest BCUT2D eigenvalue weighted by atomic mass is 10.2. The van der Waals surface area contributed by atoms with Gasteiger partial charge in [0.2, 0.25) is 0 Å². The molecule has 0 bridgehead atoms. The van der Waals surface area contributed by atoms with E-state index in [1.54, 1.807) is 12.1 Å². The Bertz CT molecular complexity index is 295. The highest BCUT2D eigenvalue weighted by Crippen LogP contribution is 2.09. The van der Waals surface area contributed by atoms with Gasteiger partial charge in [0.1, 0.15) is 5.75 Å². The topological polar surface area (TPSA) is 35.5 Å². The minimum atomic E-state index is -0.623. The third kappa shape index (κ3) is 5.39. The van der Waals surface area contributed by atoms with Crippen LogP contribution in [0.3, 0.4) is 0 Å². The Kier molecular flexibility index (Phi) is 6.07. The minimum Gasteiger partial charge on any atom is -0.434 e. The first-order valence-corrected chi connectivity index (χ1v) is 5.72. The molecule has 3 nitrogen and oxygen atoms in total. The van der Waals surface area contributed by atoms with Gasteiger partial charge in [0.25, 0.3) is 0 Å². The summed E-state index contributed by atoms with van der Waals surface area (Å²) in [6, 6.07) is 8.92. The van der Waals surface area contributed by atoms with Crippen molar-refractivity contribution >= 4 is 6.16 Å². The molecule has 3 heteroatoms. The largest absolute Gasteiger partial charge is 0.513 e. The van der Waals surface area contributed by atoms with Gasteiger partial charge in [-0.2, -0.15) is 0 Å². The molecule has 0 aliphatic rings. The van der Waals surface area contributed by atoms with Gasteiger partial charge in [0.15, 0.2) is 0 Å². The maximum absolute atomic E-state index is 11.2. The molecule has 88 valence electrons. The minimum absolute atomic E-state index is 0.436. The molecule has 0 amide bonds. The third-order valence-electron chi connectivity index (χ3n) is 2.16. The maximum Gasteiger partial charge on any atom is 0.513 e. The van der Waals surface area contributed by atoms with Gasteiger partial charge in [-0.25, -0.2) is 4.79 Å². The van der Waals surface area contributed by atoms with Crippen molar-refractivity contribution in [3.8, 4) is 5.75 Å². The van der Waals surface area contributed by atoms with Crippen LogP contribution >= 0.6 is 0 Å². The van der Waals surface area contributed by atoms with E-state index in [1.807, 2.05) is 18.2 Å². The number of unbranched alkanes of at least 4 members (excludes halogenated alkanes) is 3. The van der Waals surface area contributed by atoms with Gasteiger partial charge in [-0.05, 0) is 18.6 Å². The van der Waals surface area contributed by atoms with Crippen molar-refractivity contribution < 1.29 is 14.3 Å². The van der Waals surface area contributed by atoms with Crippen LogP contribution in [0.15, 0.2) is 30.3 Å². The summed E-state index contributed by atoms with van der Waals surface area (Å²) < 4.78 is 9.89. The zero-order valence-corrected chi connectivity index (χ0v) is 9.65. The first kappa shape index (κ1) is 12.6.